The number of carbonyl (C=O) groups excluding carboxylic acids is 2. The number of Topliss-reactive ketones (excluding diaryl/α,β-unsaturated/α-hetero) is 1. The lowest BCUT2D eigenvalue weighted by Gasteiger charge is -2.52. The van der Waals surface area contributed by atoms with Gasteiger partial charge in [0.05, 0.1) is 0 Å². The van der Waals surface area contributed by atoms with Gasteiger partial charge in [-0.15, -0.1) is 0 Å². The van der Waals surface area contributed by atoms with E-state index in [-0.39, 0.29) is 28.7 Å². The third-order valence-corrected chi connectivity index (χ3v) is 8.50. The fraction of sp³-hybridized carbons (Fsp3) is 0.900. The molecule has 0 aromatic rings. The maximum absolute atomic E-state index is 12.0. The molecule has 7 atom stereocenters. The third kappa shape index (κ3) is 1.73. The second-order valence-corrected chi connectivity index (χ2v) is 9.34. The molecular formula is C20H28O4. The first kappa shape index (κ1) is 15.4. The molecule has 5 aliphatic rings. The Bertz CT molecular complexity index is 615. The van der Waals surface area contributed by atoms with Gasteiger partial charge >= 0.3 is 5.97 Å². The largest absolute Gasteiger partial charge is 0.462 e. The van der Waals surface area contributed by atoms with Gasteiger partial charge < -0.3 is 9.47 Å². The first-order valence-electron chi connectivity index (χ1n) is 9.79. The van der Waals surface area contributed by atoms with E-state index in [1.165, 1.54) is 26.2 Å². The lowest BCUT2D eigenvalue weighted by molar-refractivity contribution is -0.156. The van der Waals surface area contributed by atoms with Crippen LogP contribution in [0.4, 0.5) is 0 Å². The number of carbonyl (C=O) groups is 2. The topological polar surface area (TPSA) is 55.9 Å². The predicted octanol–water partition coefficient (Wildman–Crippen LogP) is 3.42. The van der Waals surface area contributed by atoms with E-state index < -0.39 is 0 Å². The number of rotatable bonds is 1. The van der Waals surface area contributed by atoms with E-state index in [0.29, 0.717) is 36.4 Å². The minimum Gasteiger partial charge on any atom is -0.462 e. The van der Waals surface area contributed by atoms with Gasteiger partial charge in [-0.25, -0.2) is 0 Å². The summed E-state index contributed by atoms with van der Waals surface area (Å²) in [6, 6.07) is 0. The Labute approximate surface area is 143 Å². The van der Waals surface area contributed by atoms with E-state index in [1.54, 1.807) is 0 Å². The van der Waals surface area contributed by atoms with Gasteiger partial charge in [0.1, 0.15) is 23.1 Å². The highest BCUT2D eigenvalue weighted by Crippen LogP contribution is 2.73. The van der Waals surface area contributed by atoms with Crippen molar-refractivity contribution in [3.8, 4) is 0 Å². The first-order valence-corrected chi connectivity index (χ1v) is 9.79. The van der Waals surface area contributed by atoms with E-state index >= 15 is 0 Å². The first-order chi connectivity index (χ1) is 11.4. The number of ether oxygens (including phenoxy) is 2. The maximum atomic E-state index is 12.0. The van der Waals surface area contributed by atoms with Crippen molar-refractivity contribution < 1.29 is 19.1 Å². The number of hydrogen-bond donors (Lipinski definition) is 0. The van der Waals surface area contributed by atoms with Crippen molar-refractivity contribution in [2.45, 2.75) is 88.9 Å². The molecular weight excluding hydrogens is 304 g/mol. The molecule has 4 nitrogen and oxygen atoms in total. The van der Waals surface area contributed by atoms with Gasteiger partial charge in [0.25, 0.3) is 0 Å². The standard InChI is InChI=1S/C20H28O4/c1-12(21)23-17-4-3-15-14-6-9-19-11-13(22)5-10-20(19,24-19)16(14)7-8-18(15,17)2/h14-17H,3-11H2,1-2H3/t14-,15-,16-,17-,18-,19+,20-/m0/s1. The highest BCUT2D eigenvalue weighted by atomic mass is 16.6. The van der Waals surface area contributed by atoms with Gasteiger partial charge in [0, 0.05) is 25.2 Å². The molecule has 0 amide bonds. The van der Waals surface area contributed by atoms with Crippen molar-refractivity contribution in [2.24, 2.45) is 23.2 Å². The van der Waals surface area contributed by atoms with Crippen LogP contribution in [0.3, 0.4) is 0 Å². The molecule has 5 rings (SSSR count). The van der Waals surface area contributed by atoms with Crippen molar-refractivity contribution in [3.05, 3.63) is 0 Å². The molecule has 24 heavy (non-hydrogen) atoms. The molecule has 4 heteroatoms. The summed E-state index contributed by atoms with van der Waals surface area (Å²) < 4.78 is 12.1. The SMILES string of the molecule is CC(=O)O[C@H]1CC[C@H]2[C@@H]3CC[C@@]45CC(=O)CC[C@]4(O5)[C@H]3CC[C@]12C. The van der Waals surface area contributed by atoms with Gasteiger partial charge in [0.15, 0.2) is 0 Å². The van der Waals surface area contributed by atoms with Crippen molar-refractivity contribution in [2.75, 3.05) is 0 Å². The number of hydrogen-bond acceptors (Lipinski definition) is 4. The molecule has 0 aromatic carbocycles. The summed E-state index contributed by atoms with van der Waals surface area (Å²) in [5, 5.41) is 0. The Balaban J connectivity index is 1.42. The molecule has 1 aliphatic heterocycles. The zero-order valence-corrected chi connectivity index (χ0v) is 14.8. The van der Waals surface area contributed by atoms with E-state index in [2.05, 4.69) is 6.92 Å². The molecule has 0 bridgehead atoms. The molecule has 132 valence electrons. The lowest BCUT2D eigenvalue weighted by atomic mass is 9.50. The summed E-state index contributed by atoms with van der Waals surface area (Å²) in [6.07, 6.45) is 9.16. The second-order valence-electron chi connectivity index (χ2n) is 9.34. The second kappa shape index (κ2) is 4.63. The van der Waals surface area contributed by atoms with Crippen molar-refractivity contribution in [1.82, 2.24) is 0 Å². The number of fused-ring (bicyclic) bond motifs is 3. The summed E-state index contributed by atoms with van der Waals surface area (Å²) in [4.78, 5) is 23.5. The smallest absolute Gasteiger partial charge is 0.302 e. The van der Waals surface area contributed by atoms with Crippen LogP contribution < -0.4 is 0 Å². The number of esters is 1. The van der Waals surface area contributed by atoms with Gasteiger partial charge in [-0.1, -0.05) is 6.92 Å². The fourth-order valence-electron chi connectivity index (χ4n) is 7.48. The summed E-state index contributed by atoms with van der Waals surface area (Å²) in [6.45, 7) is 3.89. The molecule has 0 aromatic heterocycles. The van der Waals surface area contributed by atoms with Gasteiger partial charge in [0.2, 0.25) is 0 Å². The summed E-state index contributed by atoms with van der Waals surface area (Å²) >= 11 is 0. The molecule has 0 N–H and O–H groups in total. The Kier molecular flexibility index (Phi) is 2.96. The zero-order chi connectivity index (χ0) is 16.7. The van der Waals surface area contributed by atoms with Crippen molar-refractivity contribution in [3.63, 3.8) is 0 Å². The van der Waals surface area contributed by atoms with E-state index in [1.807, 2.05) is 0 Å². The maximum Gasteiger partial charge on any atom is 0.302 e. The van der Waals surface area contributed by atoms with E-state index in [4.69, 9.17) is 9.47 Å². The zero-order valence-electron chi connectivity index (χ0n) is 14.8. The summed E-state index contributed by atoms with van der Waals surface area (Å²) in [5.41, 5.74) is 0.0681. The molecule has 4 saturated carbocycles. The number of epoxide rings is 1. The van der Waals surface area contributed by atoms with Crippen LogP contribution in [-0.2, 0) is 19.1 Å². The van der Waals surface area contributed by atoms with Crippen LogP contribution in [-0.4, -0.2) is 29.1 Å². The normalized spacial score (nSPS) is 55.0. The van der Waals surface area contributed by atoms with Crippen LogP contribution in [0.15, 0.2) is 0 Å². The fourth-order valence-corrected chi connectivity index (χ4v) is 7.48. The Morgan fingerprint density at radius 1 is 1.12 bits per heavy atom. The lowest BCUT2D eigenvalue weighted by Crippen LogP contribution is -2.54. The van der Waals surface area contributed by atoms with Crippen LogP contribution in [0.25, 0.3) is 0 Å². The predicted molar refractivity (Wildman–Crippen MR) is 87.2 cm³/mol. The van der Waals surface area contributed by atoms with Gasteiger partial charge in [-0.05, 0) is 62.7 Å². The van der Waals surface area contributed by atoms with Crippen LogP contribution >= 0.6 is 0 Å². The average Bonchev–Trinajstić information content (AvgIpc) is 3.11. The minimum atomic E-state index is -0.137. The van der Waals surface area contributed by atoms with Crippen LogP contribution in [0.5, 0.6) is 0 Å². The molecule has 1 heterocycles. The molecule has 5 fully saturated rings. The Morgan fingerprint density at radius 3 is 2.75 bits per heavy atom. The monoisotopic (exact) mass is 332 g/mol. The van der Waals surface area contributed by atoms with E-state index in [9.17, 15) is 9.59 Å². The third-order valence-electron chi connectivity index (χ3n) is 8.50. The van der Waals surface area contributed by atoms with Gasteiger partial charge in [-0.2, -0.15) is 0 Å². The van der Waals surface area contributed by atoms with Crippen LogP contribution in [0.2, 0.25) is 0 Å². The van der Waals surface area contributed by atoms with Crippen LogP contribution in [0.1, 0.15) is 71.6 Å². The highest BCUT2D eigenvalue weighted by molar-refractivity contribution is 5.82. The Morgan fingerprint density at radius 2 is 1.96 bits per heavy atom. The highest BCUT2D eigenvalue weighted by Gasteiger charge is 2.78. The van der Waals surface area contributed by atoms with Crippen molar-refractivity contribution in [1.29, 1.82) is 0 Å². The molecule has 0 spiro atoms. The molecule has 1 saturated heterocycles. The quantitative estimate of drug-likeness (QED) is 0.545. The summed E-state index contributed by atoms with van der Waals surface area (Å²) in [7, 11) is 0. The van der Waals surface area contributed by atoms with Crippen LogP contribution in [0, 0.1) is 23.2 Å². The Hall–Kier alpha value is -0.900. The average molecular weight is 332 g/mol. The minimum absolute atomic E-state index is 0.0185. The van der Waals surface area contributed by atoms with Crippen molar-refractivity contribution >= 4 is 11.8 Å². The van der Waals surface area contributed by atoms with Gasteiger partial charge in [-0.3, -0.25) is 9.59 Å². The molecule has 4 aliphatic carbocycles. The number of ketones is 1. The molecule has 0 unspecified atom stereocenters. The molecule has 0 radical (unpaired) electrons. The summed E-state index contributed by atoms with van der Waals surface area (Å²) in [5.74, 6) is 2.22. The van der Waals surface area contributed by atoms with E-state index in [0.717, 1.165) is 25.7 Å².